The van der Waals surface area contributed by atoms with Gasteiger partial charge in [0.05, 0.1) is 12.6 Å². The number of benzene rings is 1. The van der Waals surface area contributed by atoms with Gasteiger partial charge in [-0.05, 0) is 69.3 Å². The number of carbonyl (C=O) groups is 7. The normalized spacial score (nSPS) is 15.8. The van der Waals surface area contributed by atoms with Crippen LogP contribution in [0, 0.1) is 11.8 Å². The van der Waals surface area contributed by atoms with Crippen molar-refractivity contribution in [3.05, 3.63) is 45.9 Å². The van der Waals surface area contributed by atoms with E-state index in [-0.39, 0.29) is 73.2 Å². The number of aromatic hydroxyl groups is 1. The van der Waals surface area contributed by atoms with Crippen LogP contribution in [-0.4, -0.2) is 125 Å². The predicted molar refractivity (Wildman–Crippen MR) is 246 cm³/mol. The first-order valence-corrected chi connectivity index (χ1v) is 25.0. The third kappa shape index (κ3) is 18.9. The summed E-state index contributed by atoms with van der Waals surface area (Å²) in [5.74, 6) is -2.34. The van der Waals surface area contributed by atoms with E-state index in [1.807, 2.05) is 39.6 Å². The first-order chi connectivity index (χ1) is 30.5. The second kappa shape index (κ2) is 28.3. The number of hydrazine groups is 1. The van der Waals surface area contributed by atoms with Crippen molar-refractivity contribution in [1.29, 1.82) is 0 Å². The minimum absolute atomic E-state index is 0.0165. The van der Waals surface area contributed by atoms with Gasteiger partial charge in [0.15, 0.2) is 12.8 Å². The first-order valence-electron chi connectivity index (χ1n) is 21.6. The molecular weight excluding hydrogens is 887 g/mol. The van der Waals surface area contributed by atoms with E-state index in [0.29, 0.717) is 18.6 Å². The molecule has 18 nitrogen and oxygen atoms in total. The zero-order valence-electron chi connectivity index (χ0n) is 37.8. The SMILES string of the molecule is CCCC(=O)OCN(C(=O)CNC(=O)C1CCCCN1C)[C@H](C[C@@H](OC(C)=O)c1nc(C(=O)N[C@@H](Cc2ccc(O)cc2)C[C@H](C)C(=O)NNC(=O)OCCSSCC)cs1)C(C)C. The van der Waals surface area contributed by atoms with Crippen molar-refractivity contribution in [2.45, 2.75) is 117 Å². The van der Waals surface area contributed by atoms with E-state index in [1.54, 1.807) is 40.6 Å². The van der Waals surface area contributed by atoms with E-state index in [9.17, 15) is 38.7 Å². The van der Waals surface area contributed by atoms with Gasteiger partial charge < -0.3 is 34.9 Å². The van der Waals surface area contributed by atoms with E-state index in [1.165, 1.54) is 29.3 Å². The van der Waals surface area contributed by atoms with Crippen LogP contribution in [0.2, 0.25) is 0 Å². The van der Waals surface area contributed by atoms with E-state index < -0.39 is 66.6 Å². The number of nitrogens with one attached hydrogen (secondary N) is 4. The van der Waals surface area contributed by atoms with E-state index in [0.717, 1.165) is 42.0 Å². The van der Waals surface area contributed by atoms with Crippen molar-refractivity contribution in [1.82, 2.24) is 36.3 Å². The zero-order valence-corrected chi connectivity index (χ0v) is 40.3. The van der Waals surface area contributed by atoms with Crippen LogP contribution >= 0.6 is 32.9 Å². The Morgan fingerprint density at radius 1 is 1.00 bits per heavy atom. The smallest absolute Gasteiger partial charge is 0.426 e. The molecule has 2 heterocycles. The number of phenols is 1. The molecule has 0 spiro atoms. The quantitative estimate of drug-likeness (QED) is 0.0217. The lowest BCUT2D eigenvalue weighted by atomic mass is 9.95. The third-order valence-corrected chi connectivity index (χ3v) is 13.7. The molecular formula is C43H65N7O11S3. The average molecular weight is 952 g/mol. The molecule has 1 saturated heterocycles. The summed E-state index contributed by atoms with van der Waals surface area (Å²) in [5, 5.41) is 17.4. The molecule has 1 fully saturated rings. The molecule has 1 aromatic heterocycles. The summed E-state index contributed by atoms with van der Waals surface area (Å²) in [6.07, 6.45) is 1.87. The zero-order chi connectivity index (χ0) is 47.2. The van der Waals surface area contributed by atoms with E-state index >= 15 is 0 Å². The Hall–Kier alpha value is -4.60. The summed E-state index contributed by atoms with van der Waals surface area (Å²) in [6, 6.07) is 4.77. The molecule has 5 amide bonds. The first kappa shape index (κ1) is 53.7. The number of aromatic nitrogens is 1. The minimum Gasteiger partial charge on any atom is -0.508 e. The van der Waals surface area contributed by atoms with Crippen molar-refractivity contribution in [3.8, 4) is 5.75 Å². The van der Waals surface area contributed by atoms with Crippen molar-refractivity contribution in [3.63, 3.8) is 0 Å². The van der Waals surface area contributed by atoms with Crippen LogP contribution < -0.4 is 21.5 Å². The number of nitrogens with zero attached hydrogens (tertiary/aromatic N) is 3. The maximum Gasteiger partial charge on any atom is 0.426 e. The number of amides is 5. The maximum atomic E-state index is 13.9. The standard InChI is InChI=1S/C43H65N7O11S3/c1-8-12-38(54)60-26-50(37(53)24-44-41(57)34-13-10-11-18-49(34)7)35(27(3)4)23-36(61-29(6)51)42-46-33(25-62-42)40(56)45-31(22-30-14-16-32(52)17-15-30)21-28(5)39(55)47-48-43(58)59-19-20-64-63-9-2/h14-17,25,27-28,31,34-36,52H,8-13,18-24,26H2,1-7H3,(H,44,57)(H,45,56)(H,47,55)(H,48,58)/t28-,31+,34?,35+,36+/m0/s1. The molecule has 0 saturated carbocycles. The molecule has 3 rings (SSSR count). The molecule has 0 bridgehead atoms. The molecule has 5 N–H and O–H groups in total. The number of piperidine rings is 1. The summed E-state index contributed by atoms with van der Waals surface area (Å²) < 4.78 is 16.4. The Morgan fingerprint density at radius 2 is 1.73 bits per heavy atom. The Balaban J connectivity index is 1.79. The van der Waals surface area contributed by atoms with Crippen molar-refractivity contribution in [2.24, 2.45) is 11.8 Å². The summed E-state index contributed by atoms with van der Waals surface area (Å²) in [4.78, 5) is 99.0. The molecule has 356 valence electrons. The lowest BCUT2D eigenvalue weighted by Crippen LogP contribution is -2.52. The van der Waals surface area contributed by atoms with Gasteiger partial charge in [0, 0.05) is 54.7 Å². The molecule has 21 heteroatoms. The summed E-state index contributed by atoms with van der Waals surface area (Å²) >= 11 is 1.08. The van der Waals surface area contributed by atoms with Crippen molar-refractivity contribution < 1.29 is 52.9 Å². The average Bonchev–Trinajstić information content (AvgIpc) is 3.75. The highest BCUT2D eigenvalue weighted by Gasteiger charge is 2.34. The van der Waals surface area contributed by atoms with Gasteiger partial charge in [-0.2, -0.15) is 0 Å². The van der Waals surface area contributed by atoms with Gasteiger partial charge in [-0.15, -0.1) is 11.3 Å². The van der Waals surface area contributed by atoms with Crippen LogP contribution in [0.1, 0.15) is 114 Å². The fourth-order valence-corrected chi connectivity index (χ4v) is 9.30. The molecule has 2 aromatic rings. The fourth-order valence-electron chi connectivity index (χ4n) is 6.96. The molecule has 0 aliphatic carbocycles. The molecule has 1 aliphatic heterocycles. The number of likely N-dealkylation sites (tertiary alicyclic amines) is 1. The highest BCUT2D eigenvalue weighted by molar-refractivity contribution is 8.76. The fraction of sp³-hybridized carbons (Fsp3) is 0.628. The minimum atomic E-state index is -1.02. The van der Waals surface area contributed by atoms with Crippen LogP contribution in [-0.2, 0) is 44.6 Å². The van der Waals surface area contributed by atoms with Gasteiger partial charge in [-0.3, -0.25) is 39.1 Å². The molecule has 0 radical (unpaired) electrons. The molecule has 1 aliphatic rings. The maximum absolute atomic E-state index is 13.9. The topological polar surface area (TPSA) is 235 Å². The highest BCUT2D eigenvalue weighted by atomic mass is 33.1. The lowest BCUT2D eigenvalue weighted by Gasteiger charge is -2.36. The largest absolute Gasteiger partial charge is 0.508 e. The van der Waals surface area contributed by atoms with Gasteiger partial charge >= 0.3 is 18.0 Å². The number of likely N-dealkylation sites (N-methyl/N-ethyl adjacent to an activating group) is 1. The number of ether oxygens (including phenoxy) is 3. The second-order valence-electron chi connectivity index (χ2n) is 15.8. The summed E-state index contributed by atoms with van der Waals surface area (Å²) in [5.41, 5.74) is 5.41. The summed E-state index contributed by atoms with van der Waals surface area (Å²) in [7, 11) is 5.09. The van der Waals surface area contributed by atoms with E-state index in [4.69, 9.17) is 14.2 Å². The van der Waals surface area contributed by atoms with Gasteiger partial charge in [0.25, 0.3) is 5.91 Å². The second-order valence-corrected chi connectivity index (χ2v) is 19.6. The number of phenolic OH excluding ortho intramolecular Hbond substituents is 1. The number of rotatable bonds is 25. The molecule has 1 unspecified atom stereocenters. The highest BCUT2D eigenvalue weighted by Crippen LogP contribution is 2.31. The summed E-state index contributed by atoms with van der Waals surface area (Å²) in [6.45, 7) is 10.7. The van der Waals surface area contributed by atoms with Gasteiger partial charge in [-0.25, -0.2) is 15.2 Å². The number of thiazole rings is 1. The van der Waals surface area contributed by atoms with Gasteiger partial charge in [0.2, 0.25) is 17.7 Å². The van der Waals surface area contributed by atoms with E-state index in [2.05, 4.69) is 26.5 Å². The lowest BCUT2D eigenvalue weighted by molar-refractivity contribution is -0.158. The Kier molecular flexibility index (Phi) is 23.8. The third-order valence-electron chi connectivity index (χ3n) is 10.3. The monoisotopic (exact) mass is 951 g/mol. The Bertz CT molecular complexity index is 1830. The van der Waals surface area contributed by atoms with Gasteiger partial charge in [-0.1, -0.05) is 74.8 Å². The number of esters is 2. The van der Waals surface area contributed by atoms with Crippen LogP contribution in [0.3, 0.4) is 0 Å². The number of carbonyl (C=O) groups excluding carboxylic acids is 7. The van der Waals surface area contributed by atoms with Crippen LogP contribution in [0.4, 0.5) is 4.79 Å². The molecule has 5 atom stereocenters. The predicted octanol–water partition coefficient (Wildman–Crippen LogP) is 5.12. The van der Waals surface area contributed by atoms with Crippen LogP contribution in [0.15, 0.2) is 29.6 Å². The Morgan fingerprint density at radius 3 is 2.39 bits per heavy atom. The molecule has 64 heavy (non-hydrogen) atoms. The van der Waals surface area contributed by atoms with Gasteiger partial charge in [0.1, 0.15) is 23.1 Å². The van der Waals surface area contributed by atoms with Crippen molar-refractivity contribution in [2.75, 3.05) is 45.0 Å². The Labute approximate surface area is 387 Å². The number of hydrogen-bond donors (Lipinski definition) is 5. The van der Waals surface area contributed by atoms with Crippen LogP contribution in [0.5, 0.6) is 5.75 Å². The molecule has 1 aromatic carbocycles. The number of hydrogen-bond acceptors (Lipinski definition) is 16. The van der Waals surface area contributed by atoms with Crippen LogP contribution in [0.25, 0.3) is 0 Å². The van der Waals surface area contributed by atoms with Crippen molar-refractivity contribution >= 4 is 74.6 Å².